The van der Waals surface area contributed by atoms with E-state index in [4.69, 9.17) is 4.74 Å². The van der Waals surface area contributed by atoms with E-state index in [2.05, 4.69) is 18.7 Å². The van der Waals surface area contributed by atoms with Gasteiger partial charge in [0.2, 0.25) is 0 Å². The maximum Gasteiger partial charge on any atom is 2.00 e. The second-order valence-electron chi connectivity index (χ2n) is 5.06. The molecule has 2 nitrogen and oxygen atoms in total. The van der Waals surface area contributed by atoms with Gasteiger partial charge in [0.15, 0.2) is 0 Å². The van der Waals surface area contributed by atoms with Crippen LogP contribution in [-0.4, -0.2) is 12.6 Å². The van der Waals surface area contributed by atoms with Gasteiger partial charge in [0, 0.05) is 5.57 Å². The summed E-state index contributed by atoms with van der Waals surface area (Å²) >= 11 is 0. The van der Waals surface area contributed by atoms with Crippen molar-refractivity contribution in [3.8, 4) is 0 Å². The van der Waals surface area contributed by atoms with Crippen molar-refractivity contribution in [1.29, 1.82) is 0 Å². The van der Waals surface area contributed by atoms with Gasteiger partial charge in [-0.1, -0.05) is 30.9 Å². The molecule has 2 rings (SSSR count). The van der Waals surface area contributed by atoms with Crippen molar-refractivity contribution < 1.29 is 51.5 Å². The Bertz CT molecular complexity index is 565. The normalized spacial score (nSPS) is 15.2. The van der Waals surface area contributed by atoms with E-state index in [1.54, 1.807) is 6.92 Å². The number of ether oxygens (including phenoxy) is 1. The SMILES string of the molecule is C=C(C)C(=O)OCCC1C=CC=C1.F[P-](F)(F)(F)(F)F.[Co+2].c1cc[cH-]c1. The zero-order valence-corrected chi connectivity index (χ0v) is 15.7. The monoisotopic (exact) mass is 447 g/mol. The van der Waals surface area contributed by atoms with Gasteiger partial charge in [-0.2, -0.15) is 18.2 Å². The molecule has 1 aliphatic rings. The van der Waals surface area contributed by atoms with Crippen LogP contribution in [0.1, 0.15) is 13.3 Å². The second-order valence-corrected chi connectivity index (χ2v) is 6.98. The molecule has 0 heterocycles. The largest absolute Gasteiger partial charge is 2.00 e. The van der Waals surface area contributed by atoms with Gasteiger partial charge in [0.05, 0.1) is 6.61 Å². The van der Waals surface area contributed by atoms with Crippen molar-refractivity contribution in [3.05, 3.63) is 66.8 Å². The molecule has 0 aliphatic heterocycles. The molecule has 0 fully saturated rings. The van der Waals surface area contributed by atoms with E-state index in [1.165, 1.54) is 0 Å². The molecular weight excluding hydrogens is 428 g/mol. The third-order valence-corrected chi connectivity index (χ3v) is 2.42. The van der Waals surface area contributed by atoms with E-state index in [9.17, 15) is 30.0 Å². The maximum atomic E-state index is 11.0. The fourth-order valence-electron chi connectivity index (χ4n) is 1.40. The first-order valence-corrected chi connectivity index (χ1v) is 9.08. The third kappa shape index (κ3) is 24.8. The van der Waals surface area contributed by atoms with Crippen LogP contribution in [0.3, 0.4) is 0 Å². The van der Waals surface area contributed by atoms with Crippen LogP contribution in [0.5, 0.6) is 0 Å². The minimum absolute atomic E-state index is 0. The van der Waals surface area contributed by atoms with Crippen LogP contribution in [0.25, 0.3) is 0 Å². The Kier molecular flexibility index (Phi) is 10.3. The van der Waals surface area contributed by atoms with Gasteiger partial charge in [-0.3, -0.25) is 0 Å². The third-order valence-electron chi connectivity index (χ3n) is 2.42. The molecule has 1 aromatic rings. The molecular formula is C16H19CoF6O2P. The summed E-state index contributed by atoms with van der Waals surface area (Å²) in [6, 6.07) is 10.0. The maximum absolute atomic E-state index is 11.0. The number of allylic oxidation sites excluding steroid dienone is 4. The first-order valence-electron chi connectivity index (χ1n) is 7.06. The zero-order chi connectivity index (χ0) is 19.6. The number of rotatable bonds is 4. The summed E-state index contributed by atoms with van der Waals surface area (Å²) in [4.78, 5) is 11.0. The second kappa shape index (κ2) is 10.0. The molecule has 0 atom stereocenters. The minimum atomic E-state index is -10.7. The smallest absolute Gasteiger partial charge is 0.214 e. The first-order chi connectivity index (χ1) is 11.1. The quantitative estimate of drug-likeness (QED) is 0.163. The molecule has 0 bridgehead atoms. The summed E-state index contributed by atoms with van der Waals surface area (Å²) in [6.45, 7) is 5.62. The molecule has 0 saturated carbocycles. The van der Waals surface area contributed by atoms with Gasteiger partial charge >= 0.3 is 55.7 Å². The molecule has 0 N–H and O–H groups in total. The summed E-state index contributed by atoms with van der Waals surface area (Å²) in [5.41, 5.74) is 0.456. The first kappa shape index (κ1) is 26.8. The number of carbonyl (C=O) groups is 1. The molecule has 151 valence electrons. The van der Waals surface area contributed by atoms with Crippen molar-refractivity contribution in [2.75, 3.05) is 6.61 Å². The summed E-state index contributed by atoms with van der Waals surface area (Å²) in [5, 5.41) is 0. The zero-order valence-electron chi connectivity index (χ0n) is 13.8. The molecule has 1 aromatic carbocycles. The van der Waals surface area contributed by atoms with Gasteiger partial charge in [-0.25, -0.2) is 16.9 Å². The molecule has 1 aliphatic carbocycles. The Labute approximate surface area is 158 Å². The van der Waals surface area contributed by atoms with Crippen LogP contribution in [0.15, 0.2) is 66.8 Å². The van der Waals surface area contributed by atoms with E-state index in [0.29, 0.717) is 18.1 Å². The molecule has 0 aromatic heterocycles. The number of carbonyl (C=O) groups excluding carboxylic acids is 1. The topological polar surface area (TPSA) is 26.3 Å². The van der Waals surface area contributed by atoms with Gasteiger partial charge in [0.1, 0.15) is 0 Å². The Morgan fingerprint density at radius 1 is 1.08 bits per heavy atom. The van der Waals surface area contributed by atoms with E-state index in [1.807, 2.05) is 42.5 Å². The van der Waals surface area contributed by atoms with Crippen LogP contribution in [0, 0.1) is 5.92 Å². The van der Waals surface area contributed by atoms with Crippen molar-refractivity contribution in [2.45, 2.75) is 13.3 Å². The summed E-state index contributed by atoms with van der Waals surface area (Å²) in [7, 11) is -10.7. The Hall–Kier alpha value is -1.44. The fraction of sp³-hybridized carbons (Fsp3) is 0.250. The summed E-state index contributed by atoms with van der Waals surface area (Å²) in [6.07, 6.45) is 9.05. The van der Waals surface area contributed by atoms with Crippen LogP contribution in [0.2, 0.25) is 0 Å². The molecule has 0 amide bonds. The number of halogens is 6. The minimum Gasteiger partial charge on any atom is -0.214 e. The molecule has 1 radical (unpaired) electrons. The van der Waals surface area contributed by atoms with Gasteiger partial charge in [-0.15, -0.1) is 0 Å². The average molecular weight is 447 g/mol. The van der Waals surface area contributed by atoms with E-state index in [0.717, 1.165) is 6.42 Å². The van der Waals surface area contributed by atoms with Crippen molar-refractivity contribution in [3.63, 3.8) is 0 Å². The number of hydrogen-bond donors (Lipinski definition) is 0. The molecule has 10 heteroatoms. The van der Waals surface area contributed by atoms with Gasteiger partial charge in [0.25, 0.3) is 0 Å². The van der Waals surface area contributed by atoms with Crippen LogP contribution in [0.4, 0.5) is 25.2 Å². The van der Waals surface area contributed by atoms with Crippen LogP contribution < -0.4 is 0 Å². The summed E-state index contributed by atoms with van der Waals surface area (Å²) in [5.74, 6) is 0.129. The average Bonchev–Trinajstić information content (AvgIpc) is 3.11. The van der Waals surface area contributed by atoms with E-state index < -0.39 is 7.81 Å². The molecule has 0 saturated heterocycles. The van der Waals surface area contributed by atoms with Gasteiger partial charge in [-0.05, 0) is 19.3 Å². The number of esters is 1. The Morgan fingerprint density at radius 2 is 1.50 bits per heavy atom. The fourth-order valence-corrected chi connectivity index (χ4v) is 1.40. The van der Waals surface area contributed by atoms with Crippen molar-refractivity contribution >= 4 is 13.8 Å². The van der Waals surface area contributed by atoms with Gasteiger partial charge < -0.3 is 4.74 Å². The molecule has 0 unspecified atom stereocenters. The van der Waals surface area contributed by atoms with Crippen molar-refractivity contribution in [1.82, 2.24) is 0 Å². The molecule has 0 spiro atoms. The van der Waals surface area contributed by atoms with Crippen LogP contribution in [-0.2, 0) is 26.3 Å². The predicted octanol–water partition coefficient (Wildman–Crippen LogP) is 7.02. The standard InChI is InChI=1S/C11H14O2.C5H5.Co.F6P/c1-9(2)11(12)13-8-7-10-5-3-4-6-10;1-2-4-5-3-1;;1-7(2,3,4,5)6/h3-6,10H,1,7-8H2,2H3;1-5H;;/q;-1;+2;-1. The Balaban J connectivity index is 0. The number of hydrogen-bond acceptors (Lipinski definition) is 2. The van der Waals surface area contributed by atoms with E-state index >= 15 is 0 Å². The summed E-state index contributed by atoms with van der Waals surface area (Å²) < 4.78 is 64.2. The van der Waals surface area contributed by atoms with E-state index in [-0.39, 0.29) is 22.7 Å². The van der Waals surface area contributed by atoms with Crippen LogP contribution >= 0.6 is 7.81 Å². The molecule has 26 heavy (non-hydrogen) atoms. The Morgan fingerprint density at radius 3 is 1.81 bits per heavy atom. The van der Waals surface area contributed by atoms with Crippen molar-refractivity contribution in [2.24, 2.45) is 5.92 Å². The predicted molar refractivity (Wildman–Crippen MR) is 87.8 cm³/mol.